The highest BCUT2D eigenvalue weighted by atomic mass is 15.0. The van der Waals surface area contributed by atoms with Crippen molar-refractivity contribution in [3.8, 4) is 44.8 Å². The van der Waals surface area contributed by atoms with E-state index in [2.05, 4.69) is 288 Å². The van der Waals surface area contributed by atoms with Gasteiger partial charge in [-0.15, -0.1) is 0 Å². The van der Waals surface area contributed by atoms with Gasteiger partial charge in [0, 0.05) is 44.8 Å². The fourth-order valence-corrected chi connectivity index (χ4v) is 15.0. The van der Waals surface area contributed by atoms with E-state index in [1.54, 1.807) is 0 Å². The van der Waals surface area contributed by atoms with Gasteiger partial charge < -0.3 is 9.13 Å². The van der Waals surface area contributed by atoms with E-state index in [4.69, 9.17) is 0 Å². The van der Waals surface area contributed by atoms with Crippen LogP contribution >= 0.6 is 0 Å². The van der Waals surface area contributed by atoms with Crippen LogP contribution in [0, 0.1) is 0 Å². The van der Waals surface area contributed by atoms with Crippen LogP contribution in [0.3, 0.4) is 0 Å². The van der Waals surface area contributed by atoms with Gasteiger partial charge in [0.05, 0.1) is 22.1 Å². The lowest BCUT2D eigenvalue weighted by molar-refractivity contribution is 0.758. The minimum Gasteiger partial charge on any atom is -0.309 e. The summed E-state index contributed by atoms with van der Waals surface area (Å²) in [5.41, 5.74) is 23.2. The molecular weight excluding hydrogens is 965 g/mol. The molecule has 0 unspecified atom stereocenters. The summed E-state index contributed by atoms with van der Waals surface area (Å²) in [6.07, 6.45) is 0. The second-order valence-electron chi connectivity index (χ2n) is 22.1. The maximum atomic E-state index is 2.54. The third-order valence-corrected chi connectivity index (χ3v) is 18.3. The zero-order valence-electron chi connectivity index (χ0n) is 43.6. The van der Waals surface area contributed by atoms with Gasteiger partial charge in [-0.3, -0.25) is 0 Å². The van der Waals surface area contributed by atoms with Gasteiger partial charge >= 0.3 is 0 Å². The van der Waals surface area contributed by atoms with Crippen LogP contribution < -0.4 is 0 Å². The summed E-state index contributed by atoms with van der Waals surface area (Å²) in [5, 5.41) is 15.4. The molecule has 14 aromatic carbocycles. The highest BCUT2D eigenvalue weighted by Gasteiger charge is 2.44. The Morgan fingerprint density at radius 2 is 0.588 bits per heavy atom. The highest BCUT2D eigenvalue weighted by Crippen LogP contribution is 2.60. The predicted octanol–water partition coefficient (Wildman–Crippen LogP) is 20.5. The second-order valence-corrected chi connectivity index (χ2v) is 22.1. The maximum Gasteiger partial charge on any atom is 0.0541 e. The van der Waals surface area contributed by atoms with E-state index in [1.165, 1.54) is 159 Å². The zero-order chi connectivity index (χ0) is 52.2. The van der Waals surface area contributed by atoms with Gasteiger partial charge in [0.25, 0.3) is 0 Å². The molecule has 0 aliphatic heterocycles. The minimum atomic E-state index is 0.0820. The van der Waals surface area contributed by atoms with Crippen molar-refractivity contribution in [2.45, 2.75) is 11.8 Å². The molecule has 0 fully saturated rings. The Labute approximate surface area is 462 Å². The fourth-order valence-electron chi connectivity index (χ4n) is 15.0. The van der Waals surface area contributed by atoms with Crippen molar-refractivity contribution >= 4 is 86.7 Å². The molecule has 370 valence electrons. The molecule has 2 heterocycles. The number of para-hydroxylation sites is 3. The SMILES string of the molecule is c1ccc(-n2c3ccccc3c3cc(-c4ccc5c(c4)c4ccccc4n5-c4ccc(-c5ccc(-c6cc7c8ccccc8c8ccccc8c7c7ccccc67)c6c5C5c7ccccc7C6c6ccccc65)cc4)ccc32)cc1. The number of rotatable bonds is 5. The van der Waals surface area contributed by atoms with Crippen LogP contribution in [0.25, 0.3) is 131 Å². The number of fused-ring (bicyclic) bond motifs is 14. The highest BCUT2D eigenvalue weighted by molar-refractivity contribution is 6.33. The summed E-state index contributed by atoms with van der Waals surface area (Å²) in [5.74, 6) is 0.168. The van der Waals surface area contributed by atoms with E-state index in [1.807, 2.05) is 0 Å². The Morgan fingerprint density at radius 1 is 0.212 bits per heavy atom. The summed E-state index contributed by atoms with van der Waals surface area (Å²) in [4.78, 5) is 0. The van der Waals surface area contributed by atoms with Gasteiger partial charge in [-0.05, 0) is 177 Å². The van der Waals surface area contributed by atoms with Crippen LogP contribution in [-0.2, 0) is 0 Å². The molecule has 0 radical (unpaired) electrons. The molecule has 0 spiro atoms. The largest absolute Gasteiger partial charge is 0.309 e. The summed E-state index contributed by atoms with van der Waals surface area (Å²) >= 11 is 0. The zero-order valence-corrected chi connectivity index (χ0v) is 43.6. The smallest absolute Gasteiger partial charge is 0.0541 e. The summed E-state index contributed by atoms with van der Waals surface area (Å²) in [6.45, 7) is 0. The molecule has 2 bridgehead atoms. The van der Waals surface area contributed by atoms with Crippen molar-refractivity contribution in [1.29, 1.82) is 0 Å². The third kappa shape index (κ3) is 6.02. The van der Waals surface area contributed by atoms with Gasteiger partial charge in [0.15, 0.2) is 0 Å². The van der Waals surface area contributed by atoms with E-state index in [-0.39, 0.29) is 11.8 Å². The third-order valence-electron chi connectivity index (χ3n) is 18.3. The minimum absolute atomic E-state index is 0.0820. The van der Waals surface area contributed by atoms with Crippen LogP contribution in [0.15, 0.2) is 279 Å². The summed E-state index contributed by atoms with van der Waals surface area (Å²) in [7, 11) is 0. The van der Waals surface area contributed by atoms with E-state index >= 15 is 0 Å². The molecule has 16 aromatic rings. The molecule has 0 saturated carbocycles. The molecular formula is C78H48N2. The van der Waals surface area contributed by atoms with Gasteiger partial charge in [0.1, 0.15) is 0 Å². The quantitative estimate of drug-likeness (QED) is 0.152. The molecule has 2 aromatic heterocycles. The number of hydrogen-bond donors (Lipinski definition) is 0. The number of aromatic nitrogens is 2. The van der Waals surface area contributed by atoms with Crippen molar-refractivity contribution in [3.63, 3.8) is 0 Å². The van der Waals surface area contributed by atoms with Gasteiger partial charge in [0.2, 0.25) is 0 Å². The van der Waals surface area contributed by atoms with Gasteiger partial charge in [-0.1, -0.05) is 212 Å². The summed E-state index contributed by atoms with van der Waals surface area (Å²) in [6, 6.07) is 105. The molecule has 80 heavy (non-hydrogen) atoms. The van der Waals surface area contributed by atoms with Crippen molar-refractivity contribution < 1.29 is 0 Å². The Morgan fingerprint density at radius 3 is 1.14 bits per heavy atom. The number of benzene rings is 14. The Kier molecular flexibility index (Phi) is 9.09. The molecule has 0 N–H and O–H groups in total. The Balaban J connectivity index is 0.810. The number of hydrogen-bond acceptors (Lipinski definition) is 0. The topological polar surface area (TPSA) is 9.86 Å². The van der Waals surface area contributed by atoms with Crippen LogP contribution in [0.4, 0.5) is 0 Å². The van der Waals surface area contributed by atoms with Gasteiger partial charge in [-0.25, -0.2) is 0 Å². The van der Waals surface area contributed by atoms with E-state index in [0.717, 1.165) is 5.69 Å². The Hall–Kier alpha value is -10.3. The molecule has 19 rings (SSSR count). The molecule has 2 nitrogen and oxygen atoms in total. The molecule has 0 amide bonds. The second kappa shape index (κ2) is 16.6. The van der Waals surface area contributed by atoms with Crippen LogP contribution in [0.1, 0.15) is 45.2 Å². The fraction of sp³-hybridized carbons (Fsp3) is 0.0256. The van der Waals surface area contributed by atoms with E-state index in [9.17, 15) is 0 Å². The average molecular weight is 1010 g/mol. The molecule has 0 saturated heterocycles. The first-order valence-corrected chi connectivity index (χ1v) is 28.1. The molecule has 0 atom stereocenters. The standard InChI is InChI=1S/C78H48N2/c1-2-18-50(19-3-1)79-70-32-16-14-24-57(70)67-44-48(36-42-72(67)79)49-37-43-73-68(45-49)58-25-15-17-33-71(58)80(73)51-38-34-47(35-39-51)52-40-41-65(78-76-63-30-12-10-28-61(63)75(77(52)78)62-29-11-13-31-64(62)76)66-46-69-55-22-5-4-20-53(55)54-21-6-8-26-59(54)74(69)60-27-9-7-23-56(60)66/h1-46,75-76H. The van der Waals surface area contributed by atoms with Crippen molar-refractivity contribution in [2.24, 2.45) is 0 Å². The first-order valence-electron chi connectivity index (χ1n) is 28.1. The lowest BCUT2D eigenvalue weighted by atomic mass is 9.58. The summed E-state index contributed by atoms with van der Waals surface area (Å²) < 4.78 is 4.85. The maximum absolute atomic E-state index is 2.54. The van der Waals surface area contributed by atoms with E-state index < -0.39 is 0 Å². The lowest BCUT2D eigenvalue weighted by Gasteiger charge is -2.44. The van der Waals surface area contributed by atoms with Crippen molar-refractivity contribution in [2.75, 3.05) is 0 Å². The van der Waals surface area contributed by atoms with E-state index in [0.29, 0.717) is 0 Å². The van der Waals surface area contributed by atoms with Crippen molar-refractivity contribution in [3.05, 3.63) is 312 Å². The van der Waals surface area contributed by atoms with Gasteiger partial charge in [-0.2, -0.15) is 0 Å². The van der Waals surface area contributed by atoms with Crippen LogP contribution in [-0.4, -0.2) is 9.13 Å². The lowest BCUT2D eigenvalue weighted by Crippen LogP contribution is -2.28. The predicted molar refractivity (Wildman–Crippen MR) is 336 cm³/mol. The first-order chi connectivity index (χ1) is 39.7. The molecule has 3 aliphatic carbocycles. The number of nitrogens with zero attached hydrogens (tertiary/aromatic N) is 2. The molecule has 2 heteroatoms. The van der Waals surface area contributed by atoms with Crippen LogP contribution in [0.5, 0.6) is 0 Å². The Bertz CT molecular complexity index is 5260. The molecule has 3 aliphatic rings. The monoisotopic (exact) mass is 1010 g/mol. The normalized spacial score (nSPS) is 14.5. The first kappa shape index (κ1) is 43.8. The average Bonchev–Trinajstić information content (AvgIpc) is 3.84. The van der Waals surface area contributed by atoms with Crippen LogP contribution in [0.2, 0.25) is 0 Å². The van der Waals surface area contributed by atoms with Crippen molar-refractivity contribution in [1.82, 2.24) is 9.13 Å².